The van der Waals surface area contributed by atoms with Crippen molar-refractivity contribution in [1.82, 2.24) is 4.90 Å². The largest absolute Gasteiger partial charge is 0.385 e. The molecule has 0 saturated carbocycles. The number of hydrogen-bond acceptors (Lipinski definition) is 5. The van der Waals surface area contributed by atoms with Gasteiger partial charge in [0.15, 0.2) is 0 Å². The van der Waals surface area contributed by atoms with Gasteiger partial charge in [0, 0.05) is 32.7 Å². The van der Waals surface area contributed by atoms with E-state index in [-0.39, 0.29) is 17.6 Å². The topological polar surface area (TPSA) is 72.9 Å². The molecular formula is C20H33NO5S. The van der Waals surface area contributed by atoms with Crippen LogP contribution in [0.4, 0.5) is 0 Å². The molecule has 1 aromatic rings. The Morgan fingerprint density at radius 3 is 2.33 bits per heavy atom. The van der Waals surface area contributed by atoms with E-state index in [1.54, 1.807) is 31.4 Å². The molecule has 1 amide bonds. The maximum atomic E-state index is 13.0. The molecule has 0 unspecified atom stereocenters. The van der Waals surface area contributed by atoms with Gasteiger partial charge in [-0.05, 0) is 37.0 Å². The number of carbonyl (C=O) groups excluding carboxylic acids is 1. The molecule has 0 aliphatic rings. The summed E-state index contributed by atoms with van der Waals surface area (Å²) in [4.78, 5) is 14.9. The molecule has 0 heterocycles. The number of unbranched alkanes of at least 4 members (excludes halogenated alkanes) is 1. The molecule has 1 atom stereocenters. The highest BCUT2D eigenvalue weighted by atomic mass is 32.2. The summed E-state index contributed by atoms with van der Waals surface area (Å²) in [7, 11) is -1.89. The lowest BCUT2D eigenvalue weighted by Gasteiger charge is -2.27. The van der Waals surface area contributed by atoms with Gasteiger partial charge in [-0.15, -0.1) is 0 Å². The van der Waals surface area contributed by atoms with Gasteiger partial charge < -0.3 is 13.8 Å². The molecule has 7 heteroatoms. The molecule has 0 spiro atoms. The maximum Gasteiger partial charge on any atom is 0.306 e. The molecule has 0 aliphatic heterocycles. The predicted molar refractivity (Wildman–Crippen MR) is 107 cm³/mol. The van der Waals surface area contributed by atoms with Crippen LogP contribution in [0.3, 0.4) is 0 Å². The lowest BCUT2D eigenvalue weighted by molar-refractivity contribution is -0.136. The summed E-state index contributed by atoms with van der Waals surface area (Å²) in [6, 6.07) is 6.82. The van der Waals surface area contributed by atoms with Crippen molar-refractivity contribution < 1.29 is 22.1 Å². The predicted octanol–water partition coefficient (Wildman–Crippen LogP) is 3.61. The summed E-state index contributed by atoms with van der Waals surface area (Å²) in [5.41, 5.74) is 0.937. The molecule has 0 radical (unpaired) electrons. The Labute approximate surface area is 164 Å². The first kappa shape index (κ1) is 23.4. The summed E-state index contributed by atoms with van der Waals surface area (Å²) in [6.45, 7) is 5.93. The van der Waals surface area contributed by atoms with Gasteiger partial charge in [0.25, 0.3) is 0 Å². The Balaban J connectivity index is 2.85. The lowest BCUT2D eigenvalue weighted by Crippen LogP contribution is -2.36. The molecule has 0 bridgehead atoms. The van der Waals surface area contributed by atoms with Crippen LogP contribution in [-0.4, -0.2) is 45.7 Å². The Morgan fingerprint density at radius 1 is 1.15 bits per heavy atom. The van der Waals surface area contributed by atoms with Gasteiger partial charge in [0.1, 0.15) is 5.75 Å². The third-order valence-electron chi connectivity index (χ3n) is 4.38. The van der Waals surface area contributed by atoms with Crippen molar-refractivity contribution in [3.8, 4) is 5.75 Å². The molecule has 0 saturated heterocycles. The normalized spacial score (nSPS) is 12.6. The molecule has 154 valence electrons. The van der Waals surface area contributed by atoms with E-state index < -0.39 is 10.1 Å². The van der Waals surface area contributed by atoms with E-state index in [1.165, 1.54) is 0 Å². The van der Waals surface area contributed by atoms with Crippen LogP contribution in [0, 0.1) is 5.92 Å². The maximum absolute atomic E-state index is 13.0. The van der Waals surface area contributed by atoms with Gasteiger partial charge in [-0.1, -0.05) is 38.8 Å². The van der Waals surface area contributed by atoms with E-state index in [2.05, 4.69) is 13.8 Å². The standard InChI is InChI=1S/C20H33NO5S/c1-5-7-9-18(6-2)20(22)21(14-8-15-25-3)16-17-10-12-19(13-11-17)26-27(4,23)24/h10-13,18H,5-9,14-16H2,1-4H3/t18-/m1/s1. The Hall–Kier alpha value is -1.60. The molecule has 0 fully saturated rings. The first-order valence-electron chi connectivity index (χ1n) is 9.56. The van der Waals surface area contributed by atoms with E-state index in [9.17, 15) is 13.2 Å². The summed E-state index contributed by atoms with van der Waals surface area (Å²) in [5, 5.41) is 0. The quantitative estimate of drug-likeness (QED) is 0.374. The van der Waals surface area contributed by atoms with Crippen molar-refractivity contribution in [1.29, 1.82) is 0 Å². The van der Waals surface area contributed by atoms with Gasteiger partial charge in [-0.25, -0.2) is 0 Å². The van der Waals surface area contributed by atoms with Crippen molar-refractivity contribution in [2.24, 2.45) is 5.92 Å². The van der Waals surface area contributed by atoms with E-state index >= 15 is 0 Å². The van der Waals surface area contributed by atoms with Crippen LogP contribution in [0.5, 0.6) is 5.75 Å². The smallest absolute Gasteiger partial charge is 0.306 e. The second-order valence-corrected chi connectivity index (χ2v) is 8.36. The van der Waals surface area contributed by atoms with Crippen molar-refractivity contribution >= 4 is 16.0 Å². The summed E-state index contributed by atoms with van der Waals surface area (Å²) in [5.74, 6) is 0.492. The second kappa shape index (κ2) is 12.0. The van der Waals surface area contributed by atoms with Gasteiger partial charge in [0.05, 0.1) is 6.26 Å². The molecule has 0 N–H and O–H groups in total. The zero-order valence-electron chi connectivity index (χ0n) is 16.9. The van der Waals surface area contributed by atoms with E-state index in [4.69, 9.17) is 8.92 Å². The minimum Gasteiger partial charge on any atom is -0.385 e. The van der Waals surface area contributed by atoms with Gasteiger partial charge >= 0.3 is 10.1 Å². The van der Waals surface area contributed by atoms with Crippen molar-refractivity contribution in [3.63, 3.8) is 0 Å². The molecule has 1 rings (SSSR count). The summed E-state index contributed by atoms with van der Waals surface area (Å²) >= 11 is 0. The second-order valence-electron chi connectivity index (χ2n) is 6.78. The highest BCUT2D eigenvalue weighted by Gasteiger charge is 2.22. The van der Waals surface area contributed by atoms with E-state index in [0.717, 1.165) is 43.9 Å². The average molecular weight is 400 g/mol. The average Bonchev–Trinajstić information content (AvgIpc) is 2.61. The van der Waals surface area contributed by atoms with Gasteiger partial charge in [-0.3, -0.25) is 4.79 Å². The third-order valence-corrected chi connectivity index (χ3v) is 4.88. The zero-order valence-corrected chi connectivity index (χ0v) is 17.8. The highest BCUT2D eigenvalue weighted by Crippen LogP contribution is 2.20. The van der Waals surface area contributed by atoms with Crippen LogP contribution in [-0.2, 0) is 26.2 Å². The van der Waals surface area contributed by atoms with Crippen molar-refractivity contribution in [2.75, 3.05) is 26.5 Å². The number of rotatable bonds is 13. The van der Waals surface area contributed by atoms with Crippen LogP contribution in [0.15, 0.2) is 24.3 Å². The first-order chi connectivity index (χ1) is 12.8. The van der Waals surface area contributed by atoms with Crippen LogP contribution >= 0.6 is 0 Å². The number of nitrogens with zero attached hydrogens (tertiary/aromatic N) is 1. The van der Waals surface area contributed by atoms with Crippen LogP contribution in [0.25, 0.3) is 0 Å². The number of carbonyl (C=O) groups is 1. The summed E-state index contributed by atoms with van der Waals surface area (Å²) < 4.78 is 32.4. The van der Waals surface area contributed by atoms with Gasteiger partial charge in [0.2, 0.25) is 5.91 Å². The first-order valence-corrected chi connectivity index (χ1v) is 11.4. The van der Waals surface area contributed by atoms with Crippen molar-refractivity contribution in [3.05, 3.63) is 29.8 Å². The molecule has 0 aromatic heterocycles. The molecule has 27 heavy (non-hydrogen) atoms. The molecule has 1 aromatic carbocycles. The Bertz CT molecular complexity index is 657. The Morgan fingerprint density at radius 2 is 1.81 bits per heavy atom. The highest BCUT2D eigenvalue weighted by molar-refractivity contribution is 7.86. The fourth-order valence-corrected chi connectivity index (χ4v) is 3.38. The number of ether oxygens (including phenoxy) is 1. The Kier molecular flexibility index (Phi) is 10.4. The number of amides is 1. The minimum absolute atomic E-state index is 0.0420. The number of methoxy groups -OCH3 is 1. The zero-order chi connectivity index (χ0) is 20.3. The lowest BCUT2D eigenvalue weighted by atomic mass is 9.97. The van der Waals surface area contributed by atoms with Crippen molar-refractivity contribution in [2.45, 2.75) is 52.5 Å². The van der Waals surface area contributed by atoms with E-state index in [0.29, 0.717) is 19.7 Å². The molecule has 6 nitrogen and oxygen atoms in total. The van der Waals surface area contributed by atoms with Crippen LogP contribution in [0.2, 0.25) is 0 Å². The number of hydrogen-bond donors (Lipinski definition) is 0. The monoisotopic (exact) mass is 399 g/mol. The fourth-order valence-electron chi connectivity index (χ4n) is 2.92. The SMILES string of the molecule is CCCC[C@@H](CC)C(=O)N(CCCOC)Cc1ccc(OS(C)(=O)=O)cc1. The third kappa shape index (κ3) is 9.24. The minimum atomic E-state index is -3.54. The number of benzene rings is 1. The molecule has 0 aliphatic carbocycles. The summed E-state index contributed by atoms with van der Waals surface area (Å²) in [6.07, 6.45) is 5.66. The van der Waals surface area contributed by atoms with E-state index in [1.807, 2.05) is 4.90 Å². The van der Waals surface area contributed by atoms with Gasteiger partial charge in [-0.2, -0.15) is 8.42 Å². The fraction of sp³-hybridized carbons (Fsp3) is 0.650. The van der Waals surface area contributed by atoms with Crippen LogP contribution in [0.1, 0.15) is 51.5 Å². The molecular weight excluding hydrogens is 366 g/mol. The van der Waals surface area contributed by atoms with Crippen LogP contribution < -0.4 is 4.18 Å².